The summed E-state index contributed by atoms with van der Waals surface area (Å²) in [6.45, 7) is 2.05. The monoisotopic (exact) mass is 431 g/mol. The number of nitrogens with one attached hydrogen (secondary N) is 2. The number of nitrogens with zero attached hydrogens (tertiary/aromatic N) is 3. The highest BCUT2D eigenvalue weighted by molar-refractivity contribution is 7.80. The summed E-state index contributed by atoms with van der Waals surface area (Å²) in [7, 11) is 0. The van der Waals surface area contributed by atoms with Gasteiger partial charge in [0, 0.05) is 30.7 Å². The second kappa shape index (κ2) is 8.89. The molecular formula is C17H17ClF3N5OS. The van der Waals surface area contributed by atoms with Gasteiger partial charge in [0.1, 0.15) is 5.82 Å². The van der Waals surface area contributed by atoms with Crippen LogP contribution in [0.5, 0.6) is 0 Å². The minimum absolute atomic E-state index is 0.0900. The Morgan fingerprint density at radius 1 is 1.21 bits per heavy atom. The Hall–Kier alpha value is -2.17. The number of hydrogen-bond donors (Lipinski definition) is 2. The quantitative estimate of drug-likeness (QED) is 0.719. The van der Waals surface area contributed by atoms with Crippen molar-refractivity contribution in [2.75, 3.05) is 36.5 Å². The van der Waals surface area contributed by atoms with Crippen molar-refractivity contribution in [3.8, 4) is 0 Å². The highest BCUT2D eigenvalue weighted by atomic mass is 35.5. The topological polar surface area (TPSA) is 62.3 Å². The summed E-state index contributed by atoms with van der Waals surface area (Å²) < 4.78 is 45.0. The van der Waals surface area contributed by atoms with E-state index in [-0.39, 0.29) is 16.9 Å². The molecule has 0 aliphatic carbocycles. The van der Waals surface area contributed by atoms with Gasteiger partial charge in [-0.15, -0.1) is 0 Å². The molecule has 28 heavy (non-hydrogen) atoms. The van der Waals surface area contributed by atoms with Crippen LogP contribution in [0.4, 0.5) is 24.9 Å². The van der Waals surface area contributed by atoms with Crippen LogP contribution in [0.2, 0.25) is 5.02 Å². The van der Waals surface area contributed by atoms with Gasteiger partial charge in [0.25, 0.3) is 0 Å². The molecule has 0 saturated carbocycles. The lowest BCUT2D eigenvalue weighted by molar-refractivity contribution is -0.141. The summed E-state index contributed by atoms with van der Waals surface area (Å²) in [5.41, 5.74) is -0.243. The molecule has 2 heterocycles. The molecule has 1 saturated heterocycles. The molecule has 0 unspecified atom stereocenters. The predicted octanol–water partition coefficient (Wildman–Crippen LogP) is 3.47. The Morgan fingerprint density at radius 3 is 2.61 bits per heavy atom. The molecule has 2 aromatic rings. The van der Waals surface area contributed by atoms with Crippen molar-refractivity contribution in [1.82, 2.24) is 15.3 Å². The number of aromatic nitrogens is 2. The van der Waals surface area contributed by atoms with Gasteiger partial charge in [-0.2, -0.15) is 18.2 Å². The van der Waals surface area contributed by atoms with E-state index in [4.69, 9.17) is 28.6 Å². The van der Waals surface area contributed by atoms with Crippen LogP contribution < -0.4 is 15.5 Å². The standard InChI is InChI=1S/C17H17ClF3N5OS/c18-12-4-2-1-3-11(12)10-22-16(28)25-15-23-13(17(19,20)21)9-14(24-15)26-5-7-27-8-6-26/h1-4,9H,5-8,10H2,(H2,22,23,24,25,28). The van der Waals surface area contributed by atoms with Gasteiger partial charge in [-0.25, -0.2) is 4.98 Å². The van der Waals surface area contributed by atoms with Crippen LogP contribution in [0, 0.1) is 0 Å². The smallest absolute Gasteiger partial charge is 0.378 e. The minimum Gasteiger partial charge on any atom is -0.378 e. The van der Waals surface area contributed by atoms with Gasteiger partial charge in [0.2, 0.25) is 5.95 Å². The number of alkyl halides is 3. The Bertz CT molecular complexity index is 846. The number of hydrogen-bond acceptors (Lipinski definition) is 5. The van der Waals surface area contributed by atoms with Crippen molar-refractivity contribution >= 4 is 40.7 Å². The van der Waals surface area contributed by atoms with E-state index in [1.807, 2.05) is 12.1 Å². The van der Waals surface area contributed by atoms with E-state index >= 15 is 0 Å². The van der Waals surface area contributed by atoms with E-state index < -0.39 is 11.9 Å². The first-order valence-electron chi connectivity index (χ1n) is 8.40. The van der Waals surface area contributed by atoms with Crippen LogP contribution in [0.1, 0.15) is 11.3 Å². The van der Waals surface area contributed by atoms with E-state index in [0.717, 1.165) is 11.6 Å². The first kappa shape index (κ1) is 20.6. The maximum absolute atomic E-state index is 13.2. The second-order valence-corrected chi connectivity index (χ2v) is 6.75. The normalized spacial score (nSPS) is 14.6. The molecule has 0 spiro atoms. The molecule has 0 atom stereocenters. The van der Waals surface area contributed by atoms with E-state index in [2.05, 4.69) is 20.6 Å². The molecule has 3 rings (SSSR count). The number of rotatable bonds is 4. The number of morpholine rings is 1. The molecule has 1 aromatic heterocycles. The average molecular weight is 432 g/mol. The maximum atomic E-state index is 13.2. The molecule has 0 amide bonds. The predicted molar refractivity (Wildman–Crippen MR) is 105 cm³/mol. The van der Waals surface area contributed by atoms with Crippen LogP contribution in [0.15, 0.2) is 30.3 Å². The van der Waals surface area contributed by atoms with Crippen LogP contribution in [0.3, 0.4) is 0 Å². The van der Waals surface area contributed by atoms with Gasteiger partial charge >= 0.3 is 6.18 Å². The van der Waals surface area contributed by atoms with E-state index in [1.165, 1.54) is 0 Å². The van der Waals surface area contributed by atoms with Crippen LogP contribution in [-0.4, -0.2) is 41.4 Å². The summed E-state index contributed by atoms with van der Waals surface area (Å²) in [6, 6.07) is 8.10. The number of halogens is 4. The van der Waals surface area contributed by atoms with Crippen molar-refractivity contribution in [2.45, 2.75) is 12.7 Å². The van der Waals surface area contributed by atoms with Crippen molar-refractivity contribution in [2.24, 2.45) is 0 Å². The zero-order valence-corrected chi connectivity index (χ0v) is 16.2. The third-order valence-electron chi connectivity index (χ3n) is 3.96. The van der Waals surface area contributed by atoms with Gasteiger partial charge in [0.15, 0.2) is 10.8 Å². The molecule has 0 radical (unpaired) electrons. The fourth-order valence-electron chi connectivity index (χ4n) is 2.55. The Labute approximate surface area is 170 Å². The van der Waals surface area contributed by atoms with Crippen LogP contribution in [0.25, 0.3) is 0 Å². The third kappa shape index (κ3) is 5.43. The summed E-state index contributed by atoms with van der Waals surface area (Å²) in [5.74, 6) is -0.0602. The van der Waals surface area contributed by atoms with Crippen LogP contribution in [-0.2, 0) is 17.5 Å². The lowest BCUT2D eigenvalue weighted by atomic mass is 10.2. The van der Waals surface area contributed by atoms with Gasteiger partial charge in [0.05, 0.1) is 13.2 Å². The fourth-order valence-corrected chi connectivity index (χ4v) is 2.92. The first-order chi connectivity index (χ1) is 13.3. The number of ether oxygens (including phenoxy) is 1. The van der Waals surface area contributed by atoms with Gasteiger partial charge in [-0.3, -0.25) is 0 Å². The summed E-state index contributed by atoms with van der Waals surface area (Å²) in [4.78, 5) is 9.45. The molecule has 150 valence electrons. The van der Waals surface area contributed by atoms with Gasteiger partial charge in [-0.1, -0.05) is 29.8 Å². The van der Waals surface area contributed by atoms with Crippen LogP contribution >= 0.6 is 23.8 Å². The summed E-state index contributed by atoms with van der Waals surface area (Å²) in [5, 5.41) is 6.16. The van der Waals surface area contributed by atoms with Crippen molar-refractivity contribution in [3.05, 3.63) is 46.6 Å². The zero-order valence-electron chi connectivity index (χ0n) is 14.6. The summed E-state index contributed by atoms with van der Waals surface area (Å²) in [6.07, 6.45) is -4.60. The average Bonchev–Trinajstić information content (AvgIpc) is 2.67. The summed E-state index contributed by atoms with van der Waals surface area (Å²) >= 11 is 11.2. The fraction of sp³-hybridized carbons (Fsp3) is 0.353. The largest absolute Gasteiger partial charge is 0.433 e. The van der Waals surface area contributed by atoms with E-state index in [0.29, 0.717) is 37.9 Å². The molecule has 6 nitrogen and oxygen atoms in total. The minimum atomic E-state index is -4.60. The van der Waals surface area contributed by atoms with Gasteiger partial charge < -0.3 is 20.3 Å². The highest BCUT2D eigenvalue weighted by Crippen LogP contribution is 2.30. The Balaban J connectivity index is 1.74. The first-order valence-corrected chi connectivity index (χ1v) is 9.19. The van der Waals surface area contributed by atoms with Crippen molar-refractivity contribution in [1.29, 1.82) is 0 Å². The lowest BCUT2D eigenvalue weighted by Crippen LogP contribution is -2.37. The Morgan fingerprint density at radius 2 is 1.93 bits per heavy atom. The molecule has 1 aliphatic rings. The molecular weight excluding hydrogens is 415 g/mol. The molecule has 11 heteroatoms. The number of anilines is 2. The van der Waals surface area contributed by atoms with Crippen molar-refractivity contribution in [3.63, 3.8) is 0 Å². The van der Waals surface area contributed by atoms with E-state index in [9.17, 15) is 13.2 Å². The third-order valence-corrected chi connectivity index (χ3v) is 4.58. The molecule has 2 N–H and O–H groups in total. The number of benzene rings is 1. The maximum Gasteiger partial charge on any atom is 0.433 e. The zero-order chi connectivity index (χ0) is 20.1. The highest BCUT2D eigenvalue weighted by Gasteiger charge is 2.34. The molecule has 0 bridgehead atoms. The van der Waals surface area contributed by atoms with Crippen molar-refractivity contribution < 1.29 is 17.9 Å². The second-order valence-electron chi connectivity index (χ2n) is 5.93. The lowest BCUT2D eigenvalue weighted by Gasteiger charge is -2.28. The molecule has 1 aromatic carbocycles. The SMILES string of the molecule is FC(F)(F)c1cc(N2CCOCC2)nc(NC(=S)NCc2ccccc2Cl)n1. The van der Waals surface area contributed by atoms with E-state index in [1.54, 1.807) is 17.0 Å². The number of thiocarbonyl (C=S) groups is 1. The Kier molecular flexibility index (Phi) is 6.53. The van der Waals surface area contributed by atoms with Gasteiger partial charge in [-0.05, 0) is 23.8 Å². The molecule has 1 fully saturated rings. The molecule has 1 aliphatic heterocycles.